The molecule has 0 amide bonds. The number of carbonyl (C=O) groups excluding carboxylic acids is 1. The van der Waals surface area contributed by atoms with Crippen LogP contribution in [0.3, 0.4) is 0 Å². The smallest absolute Gasteiger partial charge is 0.313 e. The lowest BCUT2D eigenvalue weighted by Gasteiger charge is -2.37. The monoisotopic (exact) mass is 550 g/mol. The molecule has 0 atom stereocenters. The Bertz CT molecular complexity index is 1510. The van der Waals surface area contributed by atoms with Crippen LogP contribution in [-0.2, 0) is 29.1 Å². The minimum absolute atomic E-state index is 0.0246. The van der Waals surface area contributed by atoms with E-state index in [-0.39, 0.29) is 24.7 Å². The molecule has 1 fully saturated rings. The minimum Gasteiger partial charge on any atom is -0.442 e. The average molecular weight is 551 g/mol. The van der Waals surface area contributed by atoms with Crippen LogP contribution in [0.2, 0.25) is 0 Å². The second-order valence-corrected chi connectivity index (χ2v) is 11.2. The number of rotatable bonds is 7. The van der Waals surface area contributed by atoms with Crippen LogP contribution < -0.4 is 10.2 Å². The van der Waals surface area contributed by atoms with Crippen LogP contribution in [0.25, 0.3) is 11.3 Å². The number of halogens is 2. The number of hydrogen-bond acceptors (Lipinski definition) is 10. The summed E-state index contributed by atoms with van der Waals surface area (Å²) in [6.07, 6.45) is 6.22. The summed E-state index contributed by atoms with van der Waals surface area (Å²) in [6, 6.07) is 4.31. The van der Waals surface area contributed by atoms with Gasteiger partial charge in [0.05, 0.1) is 22.9 Å². The Morgan fingerprint density at radius 1 is 1.10 bits per heavy atom. The quantitative estimate of drug-likeness (QED) is 0.340. The van der Waals surface area contributed by atoms with Crippen LogP contribution in [0.1, 0.15) is 43.5 Å². The highest BCUT2D eigenvalue weighted by molar-refractivity contribution is 5.75. The lowest BCUT2D eigenvalue weighted by molar-refractivity contribution is -0.157. The first-order chi connectivity index (χ1) is 19.1. The van der Waals surface area contributed by atoms with Crippen LogP contribution in [0.4, 0.5) is 20.5 Å². The normalized spacial score (nSPS) is 15.7. The van der Waals surface area contributed by atoms with Crippen molar-refractivity contribution in [2.45, 2.75) is 52.3 Å². The SMILES string of the molecule is CC(C)(C)C(=O)OCn1cc(C2CN(c3cc(-c4cnc(NC5Cc6cc(F)c(F)cc6C5)nc4)on3)C2)nn1. The summed E-state index contributed by atoms with van der Waals surface area (Å²) < 4.78 is 39.4. The van der Waals surface area contributed by atoms with Crippen LogP contribution >= 0.6 is 0 Å². The van der Waals surface area contributed by atoms with Crippen LogP contribution in [0, 0.1) is 17.0 Å². The summed E-state index contributed by atoms with van der Waals surface area (Å²) >= 11 is 0. The van der Waals surface area contributed by atoms with Crippen LogP contribution in [0.15, 0.2) is 41.3 Å². The van der Waals surface area contributed by atoms with Gasteiger partial charge in [-0.15, -0.1) is 5.10 Å². The second-order valence-electron chi connectivity index (χ2n) is 11.2. The molecule has 2 aliphatic rings. The van der Waals surface area contributed by atoms with E-state index in [1.807, 2.05) is 6.07 Å². The zero-order valence-corrected chi connectivity index (χ0v) is 22.3. The summed E-state index contributed by atoms with van der Waals surface area (Å²) in [7, 11) is 0. The summed E-state index contributed by atoms with van der Waals surface area (Å²) in [5.41, 5.74) is 2.51. The van der Waals surface area contributed by atoms with Crippen molar-refractivity contribution >= 4 is 17.7 Å². The summed E-state index contributed by atoms with van der Waals surface area (Å²) in [5.74, 6) is -0.121. The predicted octanol–water partition coefficient (Wildman–Crippen LogP) is 3.73. The van der Waals surface area contributed by atoms with Gasteiger partial charge in [-0.3, -0.25) is 4.79 Å². The molecule has 1 N–H and O–H groups in total. The van der Waals surface area contributed by atoms with Gasteiger partial charge in [-0.25, -0.2) is 23.4 Å². The molecular weight excluding hydrogens is 522 g/mol. The molecule has 13 heteroatoms. The fourth-order valence-corrected chi connectivity index (χ4v) is 4.74. The number of benzene rings is 1. The van der Waals surface area contributed by atoms with Crippen LogP contribution in [-0.4, -0.2) is 55.2 Å². The number of anilines is 2. The van der Waals surface area contributed by atoms with Crippen LogP contribution in [0.5, 0.6) is 0 Å². The topological polar surface area (TPSA) is 124 Å². The van der Waals surface area contributed by atoms with E-state index in [0.717, 1.165) is 16.8 Å². The molecule has 208 valence electrons. The van der Waals surface area contributed by atoms with Crippen molar-refractivity contribution in [3.63, 3.8) is 0 Å². The van der Waals surface area contributed by atoms with E-state index in [0.29, 0.717) is 49.0 Å². The molecule has 0 unspecified atom stereocenters. The number of carbonyl (C=O) groups is 1. The van der Waals surface area contributed by atoms with Gasteiger partial charge in [-0.2, -0.15) is 0 Å². The Kier molecular flexibility index (Phi) is 6.43. The first kappa shape index (κ1) is 25.8. The summed E-state index contributed by atoms with van der Waals surface area (Å²) in [6.45, 7) is 6.81. The largest absolute Gasteiger partial charge is 0.442 e. The van der Waals surface area contributed by atoms with Gasteiger partial charge in [-0.05, 0) is 56.9 Å². The number of nitrogens with one attached hydrogen (secondary N) is 1. The molecule has 0 saturated carbocycles. The Labute approximate surface area is 228 Å². The number of esters is 1. The Hall–Kier alpha value is -4.42. The standard InChI is InChI=1S/C27H28F2N8O3/c1-27(2,3)25(38)39-14-37-13-22(33-35-37)18-11-36(12-18)24-8-23(40-34-24)17-9-30-26(31-10-17)32-19-4-15-6-20(28)21(29)7-16(15)5-19/h6-10,13,18-19H,4-5,11-12,14H2,1-3H3,(H,30,31,32). The first-order valence-corrected chi connectivity index (χ1v) is 13.0. The molecule has 0 bridgehead atoms. The molecule has 11 nitrogen and oxygen atoms in total. The van der Waals surface area contributed by atoms with Crippen molar-refractivity contribution in [2.24, 2.45) is 5.41 Å². The zero-order chi connectivity index (χ0) is 28.0. The number of nitrogens with zero attached hydrogens (tertiary/aromatic N) is 7. The Morgan fingerprint density at radius 2 is 1.77 bits per heavy atom. The minimum atomic E-state index is -0.830. The van der Waals surface area contributed by atoms with Crippen molar-refractivity contribution < 1.29 is 22.8 Å². The highest BCUT2D eigenvalue weighted by Crippen LogP contribution is 2.32. The third kappa shape index (κ3) is 5.23. The van der Waals surface area contributed by atoms with Gasteiger partial charge in [0, 0.05) is 43.5 Å². The number of hydrogen-bond donors (Lipinski definition) is 1. The molecule has 0 spiro atoms. The molecule has 0 radical (unpaired) electrons. The predicted molar refractivity (Wildman–Crippen MR) is 139 cm³/mol. The molecule has 4 aromatic rings. The average Bonchev–Trinajstić information content (AvgIpc) is 3.63. The third-order valence-electron chi connectivity index (χ3n) is 7.06. The van der Waals surface area contributed by atoms with Gasteiger partial charge >= 0.3 is 5.97 Å². The summed E-state index contributed by atoms with van der Waals surface area (Å²) in [5, 5.41) is 15.7. The molecule has 1 aliphatic carbocycles. The van der Waals surface area contributed by atoms with E-state index in [1.54, 1.807) is 39.4 Å². The van der Waals surface area contributed by atoms with Gasteiger partial charge < -0.3 is 19.5 Å². The highest BCUT2D eigenvalue weighted by atomic mass is 19.2. The number of aromatic nitrogens is 6. The van der Waals surface area contributed by atoms with Gasteiger partial charge in [0.15, 0.2) is 29.9 Å². The maximum atomic E-state index is 13.5. The molecule has 1 saturated heterocycles. The Morgan fingerprint density at radius 3 is 2.42 bits per heavy atom. The van der Waals surface area contributed by atoms with E-state index in [2.05, 4.69) is 35.7 Å². The number of fused-ring (bicyclic) bond motifs is 1. The molecule has 40 heavy (non-hydrogen) atoms. The highest BCUT2D eigenvalue weighted by Gasteiger charge is 2.33. The van der Waals surface area contributed by atoms with Crippen molar-refractivity contribution in [3.8, 4) is 11.3 Å². The van der Waals surface area contributed by atoms with Gasteiger partial charge in [-0.1, -0.05) is 10.4 Å². The maximum absolute atomic E-state index is 13.5. The first-order valence-electron chi connectivity index (χ1n) is 13.0. The third-order valence-corrected chi connectivity index (χ3v) is 7.06. The van der Waals surface area contributed by atoms with E-state index in [1.165, 1.54) is 16.8 Å². The molecule has 4 heterocycles. The lowest BCUT2D eigenvalue weighted by atomic mass is 9.97. The van der Waals surface area contributed by atoms with E-state index < -0.39 is 17.0 Å². The van der Waals surface area contributed by atoms with Crippen molar-refractivity contribution in [2.75, 3.05) is 23.3 Å². The van der Waals surface area contributed by atoms with Gasteiger partial charge in [0.1, 0.15) is 0 Å². The second kappa shape index (κ2) is 9.96. The van der Waals surface area contributed by atoms with Crippen molar-refractivity contribution in [3.05, 3.63) is 65.2 Å². The van der Waals surface area contributed by atoms with Crippen molar-refractivity contribution in [1.82, 2.24) is 30.1 Å². The maximum Gasteiger partial charge on any atom is 0.313 e. The molecular formula is C27H28F2N8O3. The fourth-order valence-electron chi connectivity index (χ4n) is 4.74. The van der Waals surface area contributed by atoms with Gasteiger partial charge in [0.2, 0.25) is 5.95 Å². The molecule has 1 aromatic carbocycles. The summed E-state index contributed by atoms with van der Waals surface area (Å²) in [4.78, 5) is 22.8. The molecule has 6 rings (SSSR count). The van der Waals surface area contributed by atoms with E-state index in [9.17, 15) is 13.6 Å². The molecule has 1 aliphatic heterocycles. The molecule has 3 aromatic heterocycles. The lowest BCUT2D eigenvalue weighted by Crippen LogP contribution is -2.45. The van der Waals surface area contributed by atoms with E-state index in [4.69, 9.17) is 9.26 Å². The number of ether oxygens (including phenoxy) is 1. The van der Waals surface area contributed by atoms with Gasteiger partial charge in [0.25, 0.3) is 0 Å². The van der Waals surface area contributed by atoms with E-state index >= 15 is 0 Å². The van der Waals surface area contributed by atoms with Crippen molar-refractivity contribution in [1.29, 1.82) is 0 Å². The fraction of sp³-hybridized carbons (Fsp3) is 0.407. The zero-order valence-electron chi connectivity index (χ0n) is 22.3. The Balaban J connectivity index is 1.01.